The lowest BCUT2D eigenvalue weighted by molar-refractivity contribution is -0.402. The molecule has 0 atom stereocenters. The third-order valence-corrected chi connectivity index (χ3v) is 3.02. The first-order chi connectivity index (χ1) is 10.4. The maximum Gasteiger partial charge on any atom is 0.433 e. The molecule has 22 heavy (non-hydrogen) atoms. The minimum Gasteiger partial charge on any atom is -0.395 e. The fourth-order valence-corrected chi connectivity index (χ4v) is 1.86. The minimum absolute atomic E-state index is 0.187. The number of nitro groups is 1. The van der Waals surface area contributed by atoms with E-state index >= 15 is 0 Å². The van der Waals surface area contributed by atoms with Crippen molar-refractivity contribution in [1.82, 2.24) is 5.32 Å². The second kappa shape index (κ2) is 6.27. The Balaban J connectivity index is 2.21. The molecule has 9 heteroatoms. The number of hydrogen-bond donors (Lipinski definition) is 2. The van der Waals surface area contributed by atoms with Crippen LogP contribution in [0.15, 0.2) is 34.7 Å². The van der Waals surface area contributed by atoms with Gasteiger partial charge in [-0.3, -0.25) is 19.7 Å². The molecule has 0 aliphatic rings. The van der Waals surface area contributed by atoms with Crippen LogP contribution < -0.4 is 10.6 Å². The van der Waals surface area contributed by atoms with Crippen LogP contribution in [0.3, 0.4) is 0 Å². The van der Waals surface area contributed by atoms with Gasteiger partial charge in [0.15, 0.2) is 5.76 Å². The Morgan fingerprint density at radius 1 is 1.23 bits per heavy atom. The van der Waals surface area contributed by atoms with E-state index in [0.717, 1.165) is 6.07 Å². The molecular weight excluding hydrogens is 314 g/mol. The smallest absolute Gasteiger partial charge is 0.395 e. The van der Waals surface area contributed by atoms with E-state index in [4.69, 9.17) is 16.0 Å². The van der Waals surface area contributed by atoms with E-state index in [1.807, 2.05) is 0 Å². The van der Waals surface area contributed by atoms with E-state index in [2.05, 4.69) is 10.6 Å². The average Bonchev–Trinajstić information content (AvgIpc) is 2.98. The summed E-state index contributed by atoms with van der Waals surface area (Å²) in [5, 5.41) is 15.6. The second-order valence-corrected chi connectivity index (χ2v) is 4.53. The molecule has 2 N–H and O–H groups in total. The molecule has 2 amide bonds. The van der Waals surface area contributed by atoms with Crippen LogP contribution in [-0.2, 0) is 0 Å². The van der Waals surface area contributed by atoms with Crippen molar-refractivity contribution < 1.29 is 18.9 Å². The Hall–Kier alpha value is -2.87. The number of benzene rings is 1. The zero-order valence-electron chi connectivity index (χ0n) is 11.3. The van der Waals surface area contributed by atoms with Crippen molar-refractivity contribution >= 4 is 35.0 Å². The minimum atomic E-state index is -0.747. The van der Waals surface area contributed by atoms with Crippen LogP contribution in [0.4, 0.5) is 11.6 Å². The second-order valence-electron chi connectivity index (χ2n) is 4.12. The maximum atomic E-state index is 11.9. The van der Waals surface area contributed by atoms with Crippen LogP contribution in [0, 0.1) is 10.1 Å². The first-order valence-electron chi connectivity index (χ1n) is 5.99. The SMILES string of the molecule is CNC(=O)c1cc(NC(=O)c2ccc([N+](=O)[O-])o2)ccc1Cl. The fourth-order valence-electron chi connectivity index (χ4n) is 1.65. The molecule has 2 aromatic rings. The summed E-state index contributed by atoms with van der Waals surface area (Å²) in [7, 11) is 1.45. The van der Waals surface area contributed by atoms with Gasteiger partial charge in [-0.1, -0.05) is 11.6 Å². The topological polar surface area (TPSA) is 114 Å². The number of hydrogen-bond acceptors (Lipinski definition) is 5. The van der Waals surface area contributed by atoms with E-state index in [9.17, 15) is 19.7 Å². The lowest BCUT2D eigenvalue weighted by Gasteiger charge is -2.07. The third kappa shape index (κ3) is 3.23. The van der Waals surface area contributed by atoms with Crippen molar-refractivity contribution in [3.63, 3.8) is 0 Å². The van der Waals surface area contributed by atoms with Gasteiger partial charge in [-0.15, -0.1) is 0 Å². The van der Waals surface area contributed by atoms with Crippen LogP contribution >= 0.6 is 11.6 Å². The highest BCUT2D eigenvalue weighted by atomic mass is 35.5. The quantitative estimate of drug-likeness (QED) is 0.662. The number of halogens is 1. The molecule has 0 saturated heterocycles. The molecule has 0 bridgehead atoms. The number of nitrogens with one attached hydrogen (secondary N) is 2. The number of nitrogens with zero attached hydrogens (tertiary/aromatic N) is 1. The summed E-state index contributed by atoms with van der Waals surface area (Å²) in [6.07, 6.45) is 0. The maximum absolute atomic E-state index is 11.9. The Morgan fingerprint density at radius 3 is 2.55 bits per heavy atom. The monoisotopic (exact) mass is 323 g/mol. The van der Waals surface area contributed by atoms with Gasteiger partial charge in [-0.2, -0.15) is 0 Å². The van der Waals surface area contributed by atoms with E-state index in [1.54, 1.807) is 0 Å². The van der Waals surface area contributed by atoms with E-state index < -0.39 is 22.6 Å². The standard InChI is InChI=1S/C13H10ClN3O5/c1-15-12(18)8-6-7(2-3-9(8)14)16-13(19)10-4-5-11(22-10)17(20)21/h2-6H,1H3,(H,15,18)(H,16,19). The largest absolute Gasteiger partial charge is 0.433 e. The summed E-state index contributed by atoms with van der Waals surface area (Å²) in [6.45, 7) is 0. The van der Waals surface area contributed by atoms with Gasteiger partial charge in [0.25, 0.3) is 11.8 Å². The molecular formula is C13H10ClN3O5. The Kier molecular flexibility index (Phi) is 4.42. The van der Waals surface area contributed by atoms with Crippen LogP contribution in [-0.4, -0.2) is 23.8 Å². The predicted octanol–water partition coefficient (Wildman–Crippen LogP) is 2.45. The van der Waals surface area contributed by atoms with Gasteiger partial charge in [0, 0.05) is 12.7 Å². The van der Waals surface area contributed by atoms with Crippen molar-refractivity contribution in [2.24, 2.45) is 0 Å². The van der Waals surface area contributed by atoms with Gasteiger partial charge in [0.1, 0.15) is 4.92 Å². The molecule has 0 aliphatic carbocycles. The molecule has 0 saturated carbocycles. The normalized spacial score (nSPS) is 10.1. The van der Waals surface area contributed by atoms with E-state index in [0.29, 0.717) is 5.69 Å². The van der Waals surface area contributed by atoms with Crippen LogP contribution in [0.5, 0.6) is 0 Å². The molecule has 8 nitrogen and oxygen atoms in total. The molecule has 2 rings (SSSR count). The molecule has 0 aliphatic heterocycles. The molecule has 0 fully saturated rings. The van der Waals surface area contributed by atoms with Crippen LogP contribution in [0.2, 0.25) is 5.02 Å². The molecule has 1 aromatic carbocycles. The average molecular weight is 324 g/mol. The van der Waals surface area contributed by atoms with Gasteiger partial charge in [0.05, 0.1) is 16.7 Å². The lowest BCUT2D eigenvalue weighted by Crippen LogP contribution is -2.19. The summed E-state index contributed by atoms with van der Waals surface area (Å²) in [4.78, 5) is 33.3. The summed E-state index contributed by atoms with van der Waals surface area (Å²) < 4.78 is 4.79. The van der Waals surface area contributed by atoms with Gasteiger partial charge >= 0.3 is 5.88 Å². The molecule has 0 spiro atoms. The molecule has 1 aromatic heterocycles. The zero-order valence-corrected chi connectivity index (χ0v) is 12.0. The fraction of sp³-hybridized carbons (Fsp3) is 0.0769. The Labute approximate surface area is 129 Å². The van der Waals surface area contributed by atoms with Crippen molar-refractivity contribution in [2.75, 3.05) is 12.4 Å². The number of furan rings is 1. The zero-order chi connectivity index (χ0) is 16.3. The highest BCUT2D eigenvalue weighted by Gasteiger charge is 2.18. The predicted molar refractivity (Wildman–Crippen MR) is 78.2 cm³/mol. The van der Waals surface area contributed by atoms with Crippen molar-refractivity contribution in [2.45, 2.75) is 0 Å². The molecule has 1 heterocycles. The van der Waals surface area contributed by atoms with E-state index in [1.165, 1.54) is 31.3 Å². The number of anilines is 1. The highest BCUT2D eigenvalue weighted by molar-refractivity contribution is 6.34. The van der Waals surface area contributed by atoms with Gasteiger partial charge in [0.2, 0.25) is 0 Å². The van der Waals surface area contributed by atoms with Gasteiger partial charge in [-0.05, 0) is 24.3 Å². The summed E-state index contributed by atoms with van der Waals surface area (Å²) >= 11 is 5.89. The van der Waals surface area contributed by atoms with Crippen molar-refractivity contribution in [3.05, 3.63) is 56.8 Å². The van der Waals surface area contributed by atoms with Crippen LogP contribution in [0.25, 0.3) is 0 Å². The number of amides is 2. The lowest BCUT2D eigenvalue weighted by atomic mass is 10.2. The van der Waals surface area contributed by atoms with E-state index in [-0.39, 0.29) is 16.3 Å². The summed E-state index contributed by atoms with van der Waals surface area (Å²) in [6, 6.07) is 6.59. The first-order valence-corrected chi connectivity index (χ1v) is 6.37. The number of carbonyl (C=O) groups excluding carboxylic acids is 2. The summed E-state index contributed by atoms with van der Waals surface area (Å²) in [5.41, 5.74) is 0.486. The first kappa shape index (κ1) is 15.5. The molecule has 0 radical (unpaired) electrons. The van der Waals surface area contributed by atoms with Crippen molar-refractivity contribution in [3.8, 4) is 0 Å². The number of carbonyl (C=O) groups is 2. The van der Waals surface area contributed by atoms with Gasteiger partial charge in [-0.25, -0.2) is 0 Å². The third-order valence-electron chi connectivity index (χ3n) is 2.69. The van der Waals surface area contributed by atoms with Crippen molar-refractivity contribution in [1.29, 1.82) is 0 Å². The van der Waals surface area contributed by atoms with Crippen LogP contribution in [0.1, 0.15) is 20.9 Å². The Morgan fingerprint density at radius 2 is 1.95 bits per heavy atom. The van der Waals surface area contributed by atoms with Gasteiger partial charge < -0.3 is 15.1 Å². The molecule has 114 valence electrons. The summed E-state index contributed by atoms with van der Waals surface area (Å²) in [5.74, 6) is -1.84. The highest BCUT2D eigenvalue weighted by Crippen LogP contribution is 2.22. The Bertz CT molecular complexity index is 756. The molecule has 0 unspecified atom stereocenters. The number of rotatable bonds is 4.